The maximum Gasteiger partial charge on any atom is 0.176 e. The summed E-state index contributed by atoms with van der Waals surface area (Å²) in [6.45, 7) is 0. The third kappa shape index (κ3) is 3.59. The Hall–Kier alpha value is -0.910. The minimum atomic E-state index is -0.731. The van der Waals surface area contributed by atoms with E-state index in [0.717, 1.165) is 4.90 Å². The molecule has 0 spiro atoms. The van der Waals surface area contributed by atoms with Crippen molar-refractivity contribution in [1.82, 2.24) is 0 Å². The number of Topliss-reactive ketones (excluding diaryl/α,β-unsaturated/α-hetero) is 1. The van der Waals surface area contributed by atoms with E-state index in [0.29, 0.717) is 4.47 Å². The van der Waals surface area contributed by atoms with Gasteiger partial charge in [0.25, 0.3) is 0 Å². The van der Waals surface area contributed by atoms with Crippen LogP contribution in [0.3, 0.4) is 0 Å². The summed E-state index contributed by atoms with van der Waals surface area (Å²) >= 11 is 10.0. The molecule has 104 valence electrons. The van der Waals surface area contributed by atoms with Gasteiger partial charge in [0.2, 0.25) is 0 Å². The average Bonchev–Trinajstić information content (AvgIpc) is 2.44. The van der Waals surface area contributed by atoms with Crippen molar-refractivity contribution in [2.24, 2.45) is 0 Å². The quantitative estimate of drug-likeness (QED) is 0.405. The molecule has 0 bridgehead atoms. The fraction of sp³-hybridized carbons (Fsp3) is 0.0714. The molecule has 0 N–H and O–H groups in total. The number of benzene rings is 2. The first-order valence-electron chi connectivity index (χ1n) is 5.54. The van der Waals surface area contributed by atoms with Crippen molar-refractivity contribution < 1.29 is 13.6 Å². The third-order valence-electron chi connectivity index (χ3n) is 2.52. The summed E-state index contributed by atoms with van der Waals surface area (Å²) in [6, 6.07) is 8.67. The maximum absolute atomic E-state index is 13.8. The standard InChI is InChI=1S/C14H8BrClF2OS/c15-11-6-5-10(14(18)13(11)16)12(19)7-20-9-3-1-8(17)2-4-9/h1-6H,7H2. The van der Waals surface area contributed by atoms with Crippen LogP contribution in [0.4, 0.5) is 8.78 Å². The van der Waals surface area contributed by atoms with E-state index in [4.69, 9.17) is 11.6 Å². The summed E-state index contributed by atoms with van der Waals surface area (Å²) in [5, 5.41) is -0.109. The Kier molecular flexibility index (Phi) is 5.18. The smallest absolute Gasteiger partial charge is 0.176 e. The SMILES string of the molecule is O=C(CSc1ccc(F)cc1)c1ccc(Br)c(Cl)c1F. The molecule has 0 aliphatic rings. The molecule has 0 saturated carbocycles. The number of carbonyl (C=O) groups excluding carboxylic acids is 1. The molecule has 2 aromatic rings. The zero-order valence-corrected chi connectivity index (χ0v) is 13.2. The Bertz CT molecular complexity index is 646. The molecule has 6 heteroatoms. The average molecular weight is 378 g/mol. The van der Waals surface area contributed by atoms with Crippen LogP contribution in [0.1, 0.15) is 10.4 Å². The molecule has 0 amide bonds. The molecular formula is C14H8BrClF2OS. The summed E-state index contributed by atoms with van der Waals surface area (Å²) < 4.78 is 27.0. The molecule has 0 radical (unpaired) electrons. The van der Waals surface area contributed by atoms with Crippen LogP contribution < -0.4 is 0 Å². The van der Waals surface area contributed by atoms with Crippen molar-refractivity contribution in [2.75, 3.05) is 5.75 Å². The normalized spacial score (nSPS) is 10.6. The summed E-state index contributed by atoms with van der Waals surface area (Å²) in [5.74, 6) is -1.39. The van der Waals surface area contributed by atoms with Gasteiger partial charge in [0.05, 0.1) is 16.3 Å². The van der Waals surface area contributed by atoms with Gasteiger partial charge in [-0.2, -0.15) is 0 Å². The Morgan fingerprint density at radius 2 is 1.80 bits per heavy atom. The van der Waals surface area contributed by atoms with Gasteiger partial charge < -0.3 is 0 Å². The van der Waals surface area contributed by atoms with Crippen LogP contribution in [-0.2, 0) is 0 Å². The van der Waals surface area contributed by atoms with Gasteiger partial charge in [-0.1, -0.05) is 11.6 Å². The lowest BCUT2D eigenvalue weighted by Crippen LogP contribution is -2.06. The molecule has 0 unspecified atom stereocenters. The molecule has 0 aromatic heterocycles. The lowest BCUT2D eigenvalue weighted by Gasteiger charge is -2.05. The van der Waals surface area contributed by atoms with Crippen molar-refractivity contribution in [3.05, 3.63) is 63.1 Å². The zero-order valence-electron chi connectivity index (χ0n) is 10.00. The van der Waals surface area contributed by atoms with E-state index in [1.165, 1.54) is 36.0 Å². The van der Waals surface area contributed by atoms with Crippen molar-refractivity contribution >= 4 is 45.1 Å². The molecule has 0 aliphatic heterocycles. The second-order valence-corrected chi connectivity index (χ2v) is 6.17. The first-order valence-corrected chi connectivity index (χ1v) is 7.70. The lowest BCUT2D eigenvalue weighted by atomic mass is 10.1. The third-order valence-corrected chi connectivity index (χ3v) is 4.79. The van der Waals surface area contributed by atoms with E-state index in [-0.39, 0.29) is 27.9 Å². The van der Waals surface area contributed by atoms with Crippen molar-refractivity contribution in [3.8, 4) is 0 Å². The number of thioether (sulfide) groups is 1. The number of halogens is 4. The highest BCUT2D eigenvalue weighted by molar-refractivity contribution is 9.10. The minimum absolute atomic E-state index is 0.0483. The Morgan fingerprint density at radius 3 is 2.45 bits per heavy atom. The molecule has 1 nitrogen and oxygen atoms in total. The molecular weight excluding hydrogens is 370 g/mol. The van der Waals surface area contributed by atoms with Crippen molar-refractivity contribution in [3.63, 3.8) is 0 Å². The maximum atomic E-state index is 13.8. The monoisotopic (exact) mass is 376 g/mol. The number of rotatable bonds is 4. The molecule has 0 aliphatic carbocycles. The number of hydrogen-bond donors (Lipinski definition) is 0. The van der Waals surface area contributed by atoms with Gasteiger partial charge in [0, 0.05) is 9.37 Å². The minimum Gasteiger partial charge on any atom is -0.293 e. The highest BCUT2D eigenvalue weighted by Crippen LogP contribution is 2.29. The summed E-state index contributed by atoms with van der Waals surface area (Å²) in [7, 11) is 0. The van der Waals surface area contributed by atoms with E-state index in [2.05, 4.69) is 15.9 Å². The predicted molar refractivity (Wildman–Crippen MR) is 80.6 cm³/mol. The molecule has 0 atom stereocenters. The first-order chi connectivity index (χ1) is 9.49. The van der Waals surface area contributed by atoms with Crippen LogP contribution in [-0.4, -0.2) is 11.5 Å². The predicted octanol–water partition coefficient (Wildman–Crippen LogP) is 5.36. The van der Waals surface area contributed by atoms with Crippen molar-refractivity contribution in [2.45, 2.75) is 4.90 Å². The Labute approximate surface area is 132 Å². The second-order valence-electron chi connectivity index (χ2n) is 3.89. The molecule has 20 heavy (non-hydrogen) atoms. The van der Waals surface area contributed by atoms with E-state index in [1.807, 2.05) is 0 Å². The topological polar surface area (TPSA) is 17.1 Å². The second kappa shape index (κ2) is 6.70. The summed E-state index contributed by atoms with van der Waals surface area (Å²) in [6.07, 6.45) is 0. The van der Waals surface area contributed by atoms with E-state index < -0.39 is 5.82 Å². The first kappa shape index (κ1) is 15.5. The molecule has 2 aromatic carbocycles. The van der Waals surface area contributed by atoms with Gasteiger partial charge in [0.1, 0.15) is 5.82 Å². The van der Waals surface area contributed by atoms with Crippen LogP contribution in [0.5, 0.6) is 0 Å². The Morgan fingerprint density at radius 1 is 1.15 bits per heavy atom. The van der Waals surface area contributed by atoms with Gasteiger partial charge in [-0.05, 0) is 52.3 Å². The van der Waals surface area contributed by atoms with E-state index in [9.17, 15) is 13.6 Å². The molecule has 2 rings (SSSR count). The molecule has 0 saturated heterocycles. The Balaban J connectivity index is 2.09. The summed E-state index contributed by atoms with van der Waals surface area (Å²) in [5.41, 5.74) is -0.0483. The molecule has 0 heterocycles. The lowest BCUT2D eigenvalue weighted by molar-refractivity contribution is 0.101. The van der Waals surface area contributed by atoms with Gasteiger partial charge >= 0.3 is 0 Å². The zero-order chi connectivity index (χ0) is 14.7. The number of carbonyl (C=O) groups is 1. The van der Waals surface area contributed by atoms with Crippen molar-refractivity contribution in [1.29, 1.82) is 0 Å². The van der Waals surface area contributed by atoms with Crippen LogP contribution in [0.15, 0.2) is 45.8 Å². The fourth-order valence-corrected chi connectivity index (χ4v) is 2.75. The van der Waals surface area contributed by atoms with E-state index >= 15 is 0 Å². The van der Waals surface area contributed by atoms with Crippen LogP contribution in [0.25, 0.3) is 0 Å². The van der Waals surface area contributed by atoms with Gasteiger partial charge in [-0.3, -0.25) is 4.79 Å². The fourth-order valence-electron chi connectivity index (χ4n) is 1.50. The molecule has 0 fully saturated rings. The number of hydrogen-bond acceptors (Lipinski definition) is 2. The highest BCUT2D eigenvalue weighted by atomic mass is 79.9. The number of ketones is 1. The van der Waals surface area contributed by atoms with E-state index in [1.54, 1.807) is 12.1 Å². The van der Waals surface area contributed by atoms with Gasteiger partial charge in [-0.25, -0.2) is 8.78 Å². The largest absolute Gasteiger partial charge is 0.293 e. The highest BCUT2D eigenvalue weighted by Gasteiger charge is 2.16. The van der Waals surface area contributed by atoms with Crippen LogP contribution >= 0.6 is 39.3 Å². The van der Waals surface area contributed by atoms with Crippen LogP contribution in [0, 0.1) is 11.6 Å². The van der Waals surface area contributed by atoms with Gasteiger partial charge in [-0.15, -0.1) is 11.8 Å². The van der Waals surface area contributed by atoms with Gasteiger partial charge in [0.15, 0.2) is 11.6 Å². The van der Waals surface area contributed by atoms with Crippen LogP contribution in [0.2, 0.25) is 5.02 Å². The summed E-state index contributed by atoms with van der Waals surface area (Å²) in [4.78, 5) is 12.7.